The first-order chi connectivity index (χ1) is 15.8. The Hall–Kier alpha value is -3.86. The van der Waals surface area contributed by atoms with Crippen LogP contribution in [0.2, 0.25) is 0 Å². The fourth-order valence-corrected chi connectivity index (χ4v) is 4.05. The van der Waals surface area contributed by atoms with Gasteiger partial charge in [0.05, 0.1) is 13.4 Å². The number of rotatable bonds is 5. The zero-order valence-electron chi connectivity index (χ0n) is 19.4. The maximum absolute atomic E-state index is 13.4. The van der Waals surface area contributed by atoms with Gasteiger partial charge in [-0.25, -0.2) is 4.39 Å². The number of carbonyl (C=O) groups excluding carboxylic acids is 1. The van der Waals surface area contributed by atoms with E-state index < -0.39 is 0 Å². The lowest BCUT2D eigenvalue weighted by atomic mass is 9.96. The maximum atomic E-state index is 13.4. The average molecular weight is 444 g/mol. The molecule has 0 aliphatic carbocycles. The third kappa shape index (κ3) is 4.27. The fraction of sp³-hybridized carbons (Fsp3) is 0.179. The van der Waals surface area contributed by atoms with E-state index in [0.717, 1.165) is 50.0 Å². The topological polar surface area (TPSA) is 51.5 Å². The number of allylic oxidation sites excluding steroid dienone is 1. The molecule has 0 atom stereocenters. The molecule has 4 nitrogen and oxygen atoms in total. The van der Waals surface area contributed by atoms with Crippen molar-refractivity contribution in [2.24, 2.45) is 0 Å². The van der Waals surface area contributed by atoms with Gasteiger partial charge in [0, 0.05) is 33.8 Å². The molecule has 5 heteroatoms. The third-order valence-corrected chi connectivity index (χ3v) is 6.04. The molecular formula is C28H26FNO3. The van der Waals surface area contributed by atoms with Crippen molar-refractivity contribution < 1.29 is 18.3 Å². The van der Waals surface area contributed by atoms with Crippen LogP contribution in [0.1, 0.15) is 29.2 Å². The highest BCUT2D eigenvalue weighted by Gasteiger charge is 2.19. The summed E-state index contributed by atoms with van der Waals surface area (Å²) in [6, 6.07) is 14.1. The summed E-state index contributed by atoms with van der Waals surface area (Å²) in [4.78, 5) is 12.8. The van der Waals surface area contributed by atoms with Gasteiger partial charge in [-0.05, 0) is 74.2 Å². The first-order valence-corrected chi connectivity index (χ1v) is 10.7. The van der Waals surface area contributed by atoms with Crippen molar-refractivity contribution in [3.05, 3.63) is 88.9 Å². The molecule has 0 saturated carbocycles. The summed E-state index contributed by atoms with van der Waals surface area (Å²) in [6.07, 6.45) is 3.24. The minimum Gasteiger partial charge on any atom is -0.496 e. The Labute approximate surface area is 192 Å². The predicted octanol–water partition coefficient (Wildman–Crippen LogP) is 7.21. The van der Waals surface area contributed by atoms with Gasteiger partial charge < -0.3 is 14.5 Å². The molecule has 3 aromatic carbocycles. The van der Waals surface area contributed by atoms with E-state index in [1.54, 1.807) is 31.6 Å². The minimum atomic E-state index is -0.293. The van der Waals surface area contributed by atoms with Crippen LogP contribution in [0.3, 0.4) is 0 Å². The summed E-state index contributed by atoms with van der Waals surface area (Å²) < 4.78 is 25.0. The normalized spacial score (nSPS) is 11.6. The van der Waals surface area contributed by atoms with Crippen LogP contribution in [0.25, 0.3) is 27.7 Å². The molecule has 0 aliphatic rings. The van der Waals surface area contributed by atoms with Crippen LogP contribution in [0, 0.1) is 26.6 Å². The summed E-state index contributed by atoms with van der Waals surface area (Å²) in [5.74, 6) is 0.140. The first kappa shape index (κ1) is 22.3. The van der Waals surface area contributed by atoms with E-state index in [1.807, 2.05) is 52.0 Å². The number of methoxy groups -OCH3 is 1. The molecule has 1 heterocycles. The van der Waals surface area contributed by atoms with Crippen LogP contribution >= 0.6 is 0 Å². The van der Waals surface area contributed by atoms with Gasteiger partial charge in [0.15, 0.2) is 0 Å². The second kappa shape index (κ2) is 8.94. The van der Waals surface area contributed by atoms with Crippen molar-refractivity contribution in [3.63, 3.8) is 0 Å². The predicted molar refractivity (Wildman–Crippen MR) is 131 cm³/mol. The number of amides is 1. The quantitative estimate of drug-likeness (QED) is 0.331. The smallest absolute Gasteiger partial charge is 0.248 e. The Morgan fingerprint density at radius 3 is 2.48 bits per heavy atom. The number of benzene rings is 3. The number of nitrogens with one attached hydrogen (secondary N) is 1. The van der Waals surface area contributed by atoms with Gasteiger partial charge >= 0.3 is 0 Å². The van der Waals surface area contributed by atoms with Crippen molar-refractivity contribution in [3.8, 4) is 16.9 Å². The summed E-state index contributed by atoms with van der Waals surface area (Å²) in [5, 5.41) is 3.84. The van der Waals surface area contributed by atoms with Gasteiger partial charge in [0.1, 0.15) is 17.1 Å². The van der Waals surface area contributed by atoms with Gasteiger partial charge in [0.25, 0.3) is 0 Å². The Kier molecular flexibility index (Phi) is 6.05. The molecule has 0 unspecified atom stereocenters. The van der Waals surface area contributed by atoms with Gasteiger partial charge in [0.2, 0.25) is 5.91 Å². The number of furan rings is 1. The van der Waals surface area contributed by atoms with Crippen LogP contribution in [0.4, 0.5) is 10.1 Å². The Balaban J connectivity index is 1.76. The van der Waals surface area contributed by atoms with E-state index in [0.29, 0.717) is 11.3 Å². The number of carbonyl (C=O) groups is 1. The van der Waals surface area contributed by atoms with Crippen LogP contribution in [0.5, 0.6) is 5.75 Å². The number of fused-ring (bicyclic) bond motifs is 1. The number of aryl methyl sites for hydroxylation is 2. The lowest BCUT2D eigenvalue weighted by Gasteiger charge is -2.14. The molecule has 1 N–H and O–H groups in total. The molecule has 1 aromatic heterocycles. The third-order valence-electron chi connectivity index (χ3n) is 6.04. The van der Waals surface area contributed by atoms with E-state index in [9.17, 15) is 9.18 Å². The zero-order chi connectivity index (χ0) is 23.7. The van der Waals surface area contributed by atoms with Gasteiger partial charge in [-0.3, -0.25) is 4.79 Å². The summed E-state index contributed by atoms with van der Waals surface area (Å²) in [7, 11) is 1.60. The van der Waals surface area contributed by atoms with E-state index in [1.165, 1.54) is 12.1 Å². The molecule has 0 spiro atoms. The Morgan fingerprint density at radius 2 is 1.79 bits per heavy atom. The van der Waals surface area contributed by atoms with Crippen LogP contribution in [-0.2, 0) is 4.79 Å². The Morgan fingerprint density at radius 1 is 1.06 bits per heavy atom. The molecule has 0 aliphatic heterocycles. The van der Waals surface area contributed by atoms with Crippen molar-refractivity contribution in [2.75, 3.05) is 12.4 Å². The van der Waals surface area contributed by atoms with E-state index in [2.05, 4.69) is 5.32 Å². The highest BCUT2D eigenvalue weighted by atomic mass is 19.1. The fourth-order valence-electron chi connectivity index (χ4n) is 4.05. The second-order valence-corrected chi connectivity index (χ2v) is 8.18. The molecule has 4 aromatic rings. The van der Waals surface area contributed by atoms with Crippen LogP contribution in [0.15, 0.2) is 65.3 Å². The van der Waals surface area contributed by atoms with Crippen LogP contribution < -0.4 is 10.1 Å². The van der Waals surface area contributed by atoms with Crippen molar-refractivity contribution in [1.29, 1.82) is 0 Å². The largest absolute Gasteiger partial charge is 0.496 e. The molecule has 0 bridgehead atoms. The van der Waals surface area contributed by atoms with E-state index in [-0.39, 0.29) is 11.7 Å². The average Bonchev–Trinajstić information content (AvgIpc) is 3.21. The lowest BCUT2D eigenvalue weighted by molar-refractivity contribution is -0.111. The summed E-state index contributed by atoms with van der Waals surface area (Å²) in [5.41, 5.74) is 7.72. The lowest BCUT2D eigenvalue weighted by Crippen LogP contribution is -2.10. The first-order valence-electron chi connectivity index (χ1n) is 10.7. The molecule has 33 heavy (non-hydrogen) atoms. The minimum absolute atomic E-state index is 0.216. The second-order valence-electron chi connectivity index (χ2n) is 8.18. The number of anilines is 1. The highest BCUT2D eigenvalue weighted by Crippen LogP contribution is 2.40. The zero-order valence-corrected chi connectivity index (χ0v) is 19.4. The van der Waals surface area contributed by atoms with Crippen molar-refractivity contribution in [1.82, 2.24) is 0 Å². The molecule has 4 rings (SSSR count). The summed E-state index contributed by atoms with van der Waals surface area (Å²) in [6.45, 7) is 7.80. The van der Waals surface area contributed by atoms with Crippen molar-refractivity contribution in [2.45, 2.75) is 27.7 Å². The molecular weight excluding hydrogens is 417 g/mol. The summed E-state index contributed by atoms with van der Waals surface area (Å²) >= 11 is 0. The molecule has 168 valence electrons. The number of hydrogen-bond acceptors (Lipinski definition) is 3. The monoisotopic (exact) mass is 443 g/mol. The highest BCUT2D eigenvalue weighted by molar-refractivity contribution is 6.06. The Bertz CT molecular complexity index is 1380. The standard InChI is InChI=1S/C28H26FNO3/c1-16-7-6-8-25(18(16)3)30-26(31)13-17(2)22-14-23-24(20-9-11-21(29)12-10-20)15-33-28(23)19(4)27(22)32-5/h6-15H,1-5H3,(H,30,31)/b17-13+. The SMILES string of the molecule is COc1c(/C(C)=C/C(=O)Nc2cccc(C)c2C)cc2c(-c3ccc(F)cc3)coc2c1C. The maximum Gasteiger partial charge on any atom is 0.248 e. The van der Waals surface area contributed by atoms with Gasteiger partial charge in [-0.15, -0.1) is 0 Å². The number of ether oxygens (including phenoxy) is 1. The number of hydrogen-bond donors (Lipinski definition) is 1. The van der Waals surface area contributed by atoms with Crippen molar-refractivity contribution >= 4 is 28.1 Å². The van der Waals surface area contributed by atoms with Gasteiger partial charge in [-0.1, -0.05) is 24.3 Å². The molecule has 1 amide bonds. The van der Waals surface area contributed by atoms with E-state index in [4.69, 9.17) is 9.15 Å². The van der Waals surface area contributed by atoms with E-state index >= 15 is 0 Å². The molecule has 0 fully saturated rings. The number of halogens is 1. The van der Waals surface area contributed by atoms with Gasteiger partial charge in [-0.2, -0.15) is 0 Å². The molecule has 0 saturated heterocycles. The molecule has 0 radical (unpaired) electrons. The van der Waals surface area contributed by atoms with Crippen LogP contribution in [-0.4, -0.2) is 13.0 Å².